The van der Waals surface area contributed by atoms with Crippen molar-refractivity contribution in [3.63, 3.8) is 0 Å². The van der Waals surface area contributed by atoms with Gasteiger partial charge in [-0.15, -0.1) is 0 Å². The molecule has 0 aliphatic carbocycles. The van der Waals surface area contributed by atoms with Crippen molar-refractivity contribution in [3.8, 4) is 17.2 Å². The van der Waals surface area contributed by atoms with Gasteiger partial charge in [0.05, 0.1) is 26.3 Å². The fourth-order valence-corrected chi connectivity index (χ4v) is 3.78. The Labute approximate surface area is 190 Å². The molecule has 0 fully saturated rings. The number of halogens is 1. The van der Waals surface area contributed by atoms with Crippen molar-refractivity contribution in [2.24, 2.45) is 0 Å². The first kappa shape index (κ1) is 21.1. The van der Waals surface area contributed by atoms with Crippen LogP contribution in [0.4, 0.5) is 14.9 Å². The number of anilines is 1. The molecule has 0 aromatic heterocycles. The third-order valence-electron chi connectivity index (χ3n) is 5.50. The van der Waals surface area contributed by atoms with Gasteiger partial charge in [-0.05, 0) is 35.9 Å². The normalized spacial score (nSPS) is 14.3. The van der Waals surface area contributed by atoms with Gasteiger partial charge in [0.25, 0.3) is 0 Å². The first-order chi connectivity index (χ1) is 16.2. The van der Waals surface area contributed by atoms with Crippen LogP contribution in [0.25, 0.3) is 0 Å². The van der Waals surface area contributed by atoms with E-state index < -0.39 is 0 Å². The molecule has 3 aromatic rings. The molecular weight excluding hydrogens is 427 g/mol. The summed E-state index contributed by atoms with van der Waals surface area (Å²) in [6.07, 6.45) is 0. The second kappa shape index (κ2) is 9.38. The van der Waals surface area contributed by atoms with Crippen molar-refractivity contribution in [3.05, 3.63) is 83.2 Å². The maximum absolute atomic E-state index is 13.8. The van der Waals surface area contributed by atoms with Crippen LogP contribution in [-0.2, 0) is 24.5 Å². The maximum Gasteiger partial charge on any atom is 0.322 e. The quantitative estimate of drug-likeness (QED) is 0.610. The highest BCUT2D eigenvalue weighted by atomic mass is 19.1. The number of fused-ring (bicyclic) bond motifs is 2. The van der Waals surface area contributed by atoms with Crippen LogP contribution in [0.15, 0.2) is 60.7 Å². The molecule has 0 bridgehead atoms. The minimum atomic E-state index is -0.281. The summed E-state index contributed by atoms with van der Waals surface area (Å²) in [5.41, 5.74) is 2.96. The molecule has 0 atom stereocenters. The Kier molecular flexibility index (Phi) is 5.99. The number of carbonyl (C=O) groups excluding carboxylic acids is 1. The third kappa shape index (κ3) is 4.85. The number of ether oxygens (including phenoxy) is 4. The van der Waals surface area contributed by atoms with Crippen LogP contribution in [0.1, 0.15) is 16.7 Å². The fraction of sp³-hybridized carbons (Fsp3) is 0.240. The van der Waals surface area contributed by atoms with Gasteiger partial charge in [-0.1, -0.05) is 24.3 Å². The molecule has 2 heterocycles. The van der Waals surface area contributed by atoms with E-state index >= 15 is 0 Å². The van der Waals surface area contributed by atoms with Gasteiger partial charge in [-0.25, -0.2) is 9.18 Å². The molecule has 0 unspecified atom stereocenters. The number of amides is 2. The Morgan fingerprint density at radius 3 is 2.73 bits per heavy atom. The van der Waals surface area contributed by atoms with Gasteiger partial charge >= 0.3 is 6.03 Å². The number of nitrogens with one attached hydrogen (secondary N) is 1. The second-order valence-corrected chi connectivity index (χ2v) is 7.79. The van der Waals surface area contributed by atoms with E-state index in [1.54, 1.807) is 41.3 Å². The number of benzene rings is 3. The summed E-state index contributed by atoms with van der Waals surface area (Å²) in [5.74, 6) is 1.73. The monoisotopic (exact) mass is 450 g/mol. The molecule has 5 rings (SSSR count). The van der Waals surface area contributed by atoms with E-state index in [9.17, 15) is 9.18 Å². The molecule has 0 saturated heterocycles. The van der Waals surface area contributed by atoms with Crippen LogP contribution >= 0.6 is 0 Å². The summed E-state index contributed by atoms with van der Waals surface area (Å²) >= 11 is 0. The van der Waals surface area contributed by atoms with E-state index in [4.69, 9.17) is 18.9 Å². The Morgan fingerprint density at radius 1 is 0.970 bits per heavy atom. The van der Waals surface area contributed by atoms with Crippen molar-refractivity contribution in [2.75, 3.05) is 25.3 Å². The number of hydrogen-bond acceptors (Lipinski definition) is 5. The van der Waals surface area contributed by atoms with E-state index in [1.165, 1.54) is 6.07 Å². The number of hydrogen-bond donors (Lipinski definition) is 1. The van der Waals surface area contributed by atoms with E-state index in [0.717, 1.165) is 16.9 Å². The molecule has 7 nitrogen and oxygen atoms in total. The molecule has 0 radical (unpaired) electrons. The molecule has 8 heteroatoms. The molecular formula is C25H23FN2O5. The molecule has 2 amide bonds. The Balaban J connectivity index is 1.23. The third-order valence-corrected chi connectivity index (χ3v) is 5.50. The van der Waals surface area contributed by atoms with Crippen LogP contribution in [0.2, 0.25) is 0 Å². The van der Waals surface area contributed by atoms with Gasteiger partial charge in [0.1, 0.15) is 18.2 Å². The maximum atomic E-state index is 13.8. The lowest BCUT2D eigenvalue weighted by Crippen LogP contribution is -2.36. The predicted octanol–water partition coefficient (Wildman–Crippen LogP) is 4.70. The summed E-state index contributed by atoms with van der Waals surface area (Å²) in [6.45, 7) is 1.93. The zero-order valence-electron chi connectivity index (χ0n) is 17.9. The summed E-state index contributed by atoms with van der Waals surface area (Å²) in [7, 11) is 0. The molecule has 2 aliphatic heterocycles. The predicted molar refractivity (Wildman–Crippen MR) is 119 cm³/mol. The molecule has 2 aliphatic rings. The van der Waals surface area contributed by atoms with Gasteiger partial charge in [-0.2, -0.15) is 0 Å². The number of rotatable bonds is 5. The average molecular weight is 450 g/mol. The van der Waals surface area contributed by atoms with E-state index in [0.29, 0.717) is 49.1 Å². The van der Waals surface area contributed by atoms with Gasteiger partial charge in [0.2, 0.25) is 6.79 Å². The van der Waals surface area contributed by atoms with Crippen molar-refractivity contribution < 1.29 is 28.1 Å². The summed E-state index contributed by atoms with van der Waals surface area (Å²) in [5, 5.41) is 2.91. The standard InChI is InChI=1S/C25H23FN2O5/c26-21-4-2-1-3-18(21)15-30-14-17-5-7-22-19(11-17)13-28(9-10-31-22)25(29)27-20-6-8-23-24(12-20)33-16-32-23/h1-8,11-12H,9-10,13-16H2,(H,27,29). The van der Waals surface area contributed by atoms with Crippen molar-refractivity contribution in [2.45, 2.75) is 19.8 Å². The lowest BCUT2D eigenvalue weighted by atomic mass is 10.1. The fourth-order valence-electron chi connectivity index (χ4n) is 3.78. The zero-order valence-corrected chi connectivity index (χ0v) is 17.9. The molecule has 170 valence electrons. The Hall–Kier alpha value is -3.78. The van der Waals surface area contributed by atoms with Crippen LogP contribution in [0.3, 0.4) is 0 Å². The highest BCUT2D eigenvalue weighted by Gasteiger charge is 2.21. The smallest absolute Gasteiger partial charge is 0.322 e. The minimum Gasteiger partial charge on any atom is -0.491 e. The average Bonchev–Trinajstić information content (AvgIpc) is 3.18. The van der Waals surface area contributed by atoms with Crippen LogP contribution < -0.4 is 19.5 Å². The van der Waals surface area contributed by atoms with Crippen molar-refractivity contribution in [1.82, 2.24) is 4.90 Å². The first-order valence-electron chi connectivity index (χ1n) is 10.7. The second-order valence-electron chi connectivity index (χ2n) is 7.79. The first-order valence-corrected chi connectivity index (χ1v) is 10.7. The highest BCUT2D eigenvalue weighted by molar-refractivity contribution is 5.89. The molecule has 1 N–H and O–H groups in total. The molecule has 0 spiro atoms. The van der Waals surface area contributed by atoms with Crippen LogP contribution in [0.5, 0.6) is 17.2 Å². The minimum absolute atomic E-state index is 0.180. The Morgan fingerprint density at radius 2 is 1.82 bits per heavy atom. The van der Waals surface area contributed by atoms with Crippen molar-refractivity contribution >= 4 is 11.7 Å². The number of nitrogens with zero attached hydrogens (tertiary/aromatic N) is 1. The summed E-state index contributed by atoms with van der Waals surface area (Å²) in [4.78, 5) is 14.6. The highest BCUT2D eigenvalue weighted by Crippen LogP contribution is 2.34. The SMILES string of the molecule is O=C(Nc1ccc2c(c1)OCO2)N1CCOc2ccc(COCc3ccccc3F)cc2C1. The van der Waals surface area contributed by atoms with Crippen molar-refractivity contribution in [1.29, 1.82) is 0 Å². The van der Waals surface area contributed by atoms with Gasteiger partial charge in [0, 0.05) is 22.9 Å². The van der Waals surface area contributed by atoms with Gasteiger partial charge in [0.15, 0.2) is 11.5 Å². The van der Waals surface area contributed by atoms with Gasteiger partial charge < -0.3 is 29.2 Å². The van der Waals surface area contributed by atoms with Crippen LogP contribution in [-0.4, -0.2) is 30.9 Å². The number of urea groups is 1. The summed E-state index contributed by atoms with van der Waals surface area (Å²) < 4.78 is 36.0. The number of carbonyl (C=O) groups is 1. The van der Waals surface area contributed by atoms with E-state index in [1.807, 2.05) is 18.2 Å². The Bertz CT molecular complexity index is 1170. The lowest BCUT2D eigenvalue weighted by Gasteiger charge is -2.20. The zero-order chi connectivity index (χ0) is 22.6. The molecule has 33 heavy (non-hydrogen) atoms. The topological polar surface area (TPSA) is 69.3 Å². The molecule has 0 saturated carbocycles. The van der Waals surface area contributed by atoms with E-state index in [-0.39, 0.29) is 25.2 Å². The van der Waals surface area contributed by atoms with E-state index in [2.05, 4.69) is 5.32 Å². The van der Waals surface area contributed by atoms with Crippen LogP contribution in [0, 0.1) is 5.82 Å². The lowest BCUT2D eigenvalue weighted by molar-refractivity contribution is 0.105. The summed E-state index contributed by atoms with van der Waals surface area (Å²) in [6, 6.07) is 17.4. The van der Waals surface area contributed by atoms with Gasteiger partial charge in [-0.3, -0.25) is 0 Å². The molecule has 3 aromatic carbocycles. The largest absolute Gasteiger partial charge is 0.491 e.